The first-order chi connectivity index (χ1) is 9.15. The van der Waals surface area contributed by atoms with Crippen molar-refractivity contribution >= 4 is 23.2 Å². The lowest BCUT2D eigenvalue weighted by Gasteiger charge is -2.18. The fourth-order valence-electron chi connectivity index (χ4n) is 2.21. The molecule has 1 unspecified atom stereocenters. The summed E-state index contributed by atoms with van der Waals surface area (Å²) in [6, 6.07) is 8.00. The summed E-state index contributed by atoms with van der Waals surface area (Å²) in [4.78, 5) is 0. The van der Waals surface area contributed by atoms with Crippen molar-refractivity contribution in [3.63, 3.8) is 0 Å². The van der Waals surface area contributed by atoms with Crippen LogP contribution in [0.2, 0.25) is 10.0 Å². The second-order valence-corrected chi connectivity index (χ2v) is 5.21. The second-order valence-electron chi connectivity index (χ2n) is 4.37. The molecule has 1 N–H and O–H groups in total. The van der Waals surface area contributed by atoms with Crippen molar-refractivity contribution in [1.82, 2.24) is 15.1 Å². The Morgan fingerprint density at radius 1 is 1.37 bits per heavy atom. The molecule has 0 amide bonds. The molecular formula is C14H17Cl2N3. The van der Waals surface area contributed by atoms with E-state index in [0.717, 1.165) is 23.7 Å². The lowest BCUT2D eigenvalue weighted by Crippen LogP contribution is -2.22. The van der Waals surface area contributed by atoms with E-state index in [1.807, 2.05) is 29.9 Å². The molecule has 0 aliphatic carbocycles. The molecule has 19 heavy (non-hydrogen) atoms. The first-order valence-corrected chi connectivity index (χ1v) is 7.04. The van der Waals surface area contributed by atoms with E-state index in [-0.39, 0.29) is 6.04 Å². The smallest absolute Gasteiger partial charge is 0.0834 e. The zero-order chi connectivity index (χ0) is 13.8. The number of hydrogen-bond donors (Lipinski definition) is 1. The molecule has 1 aromatic heterocycles. The maximum Gasteiger partial charge on any atom is 0.0834 e. The van der Waals surface area contributed by atoms with Crippen molar-refractivity contribution in [3.8, 4) is 0 Å². The summed E-state index contributed by atoms with van der Waals surface area (Å²) < 4.78 is 1.92. The minimum absolute atomic E-state index is 0.119. The number of aryl methyl sites for hydroxylation is 1. The zero-order valence-corrected chi connectivity index (χ0v) is 12.5. The van der Waals surface area contributed by atoms with Crippen molar-refractivity contribution in [2.45, 2.75) is 25.9 Å². The SMILES string of the molecule is CCn1ncc(Cl)c1C(Cc1cccc(Cl)c1)NC. The lowest BCUT2D eigenvalue weighted by atomic mass is 10.0. The molecule has 1 atom stereocenters. The van der Waals surface area contributed by atoms with E-state index in [1.165, 1.54) is 5.56 Å². The van der Waals surface area contributed by atoms with E-state index in [2.05, 4.69) is 23.4 Å². The van der Waals surface area contributed by atoms with Crippen LogP contribution in [0.15, 0.2) is 30.5 Å². The second kappa shape index (κ2) is 6.42. The Hall–Kier alpha value is -1.03. The molecule has 0 spiro atoms. The summed E-state index contributed by atoms with van der Waals surface area (Å²) >= 11 is 12.3. The molecule has 2 rings (SSSR count). The standard InChI is InChI=1S/C14H17Cl2N3/c1-3-19-14(12(16)9-18-19)13(17-2)8-10-5-4-6-11(15)7-10/h4-7,9,13,17H,3,8H2,1-2H3. The van der Waals surface area contributed by atoms with E-state index in [1.54, 1.807) is 6.20 Å². The van der Waals surface area contributed by atoms with Gasteiger partial charge in [0.1, 0.15) is 0 Å². The molecule has 0 aliphatic rings. The number of aromatic nitrogens is 2. The predicted octanol–water partition coefficient (Wildman–Crippen LogP) is 3.71. The average molecular weight is 298 g/mol. The molecule has 1 heterocycles. The Labute approximate surface area is 123 Å². The Morgan fingerprint density at radius 3 is 2.79 bits per heavy atom. The zero-order valence-electron chi connectivity index (χ0n) is 11.0. The third-order valence-electron chi connectivity index (χ3n) is 3.14. The Kier molecular flexibility index (Phi) is 4.86. The van der Waals surface area contributed by atoms with Gasteiger partial charge in [-0.15, -0.1) is 0 Å². The third kappa shape index (κ3) is 3.30. The average Bonchev–Trinajstić information content (AvgIpc) is 2.77. The predicted molar refractivity (Wildman–Crippen MR) is 79.9 cm³/mol. The van der Waals surface area contributed by atoms with Crippen molar-refractivity contribution in [2.75, 3.05) is 7.05 Å². The first-order valence-electron chi connectivity index (χ1n) is 6.28. The van der Waals surface area contributed by atoms with Crippen molar-refractivity contribution in [1.29, 1.82) is 0 Å². The van der Waals surface area contributed by atoms with Crippen molar-refractivity contribution < 1.29 is 0 Å². The fraction of sp³-hybridized carbons (Fsp3) is 0.357. The number of nitrogens with one attached hydrogen (secondary N) is 1. The van der Waals surface area contributed by atoms with Crippen LogP contribution in [-0.2, 0) is 13.0 Å². The highest BCUT2D eigenvalue weighted by Gasteiger charge is 2.18. The van der Waals surface area contributed by atoms with Gasteiger partial charge in [0.05, 0.1) is 23.0 Å². The van der Waals surface area contributed by atoms with Crippen LogP contribution in [0.1, 0.15) is 24.2 Å². The molecule has 0 saturated heterocycles. The minimum Gasteiger partial charge on any atom is -0.311 e. The van der Waals surface area contributed by atoms with Gasteiger partial charge in [0.15, 0.2) is 0 Å². The summed E-state index contributed by atoms with van der Waals surface area (Å²) in [5, 5.41) is 9.03. The van der Waals surface area contributed by atoms with Crippen LogP contribution in [0.5, 0.6) is 0 Å². The van der Waals surface area contributed by atoms with Gasteiger partial charge in [-0.25, -0.2) is 0 Å². The summed E-state index contributed by atoms with van der Waals surface area (Å²) in [5.41, 5.74) is 2.19. The van der Waals surface area contributed by atoms with Gasteiger partial charge in [0, 0.05) is 11.6 Å². The number of rotatable bonds is 5. The molecule has 0 aliphatic heterocycles. The number of nitrogens with zero attached hydrogens (tertiary/aromatic N) is 2. The maximum absolute atomic E-state index is 6.25. The first kappa shape index (κ1) is 14.4. The number of hydrogen-bond acceptors (Lipinski definition) is 2. The summed E-state index contributed by atoms with van der Waals surface area (Å²) in [6.45, 7) is 2.86. The molecule has 0 fully saturated rings. The molecule has 3 nitrogen and oxygen atoms in total. The van der Waals surface area contributed by atoms with Gasteiger partial charge in [-0.2, -0.15) is 5.10 Å². The number of halogens is 2. The Morgan fingerprint density at radius 2 is 2.16 bits per heavy atom. The van der Waals surface area contributed by atoms with Crippen molar-refractivity contribution in [3.05, 3.63) is 51.8 Å². The van der Waals surface area contributed by atoms with Crippen LogP contribution in [0, 0.1) is 0 Å². The van der Waals surface area contributed by atoms with Gasteiger partial charge in [-0.05, 0) is 38.1 Å². The van der Waals surface area contributed by atoms with Gasteiger partial charge in [-0.1, -0.05) is 35.3 Å². The topological polar surface area (TPSA) is 29.9 Å². The van der Waals surface area contributed by atoms with Crippen molar-refractivity contribution in [2.24, 2.45) is 0 Å². The fourth-order valence-corrected chi connectivity index (χ4v) is 2.69. The van der Waals surface area contributed by atoms with Crippen LogP contribution in [0.3, 0.4) is 0 Å². The van der Waals surface area contributed by atoms with Crippen LogP contribution >= 0.6 is 23.2 Å². The Bertz CT molecular complexity index is 551. The molecule has 1 aromatic carbocycles. The van der Waals surface area contributed by atoms with Gasteiger partial charge in [0.2, 0.25) is 0 Å². The third-order valence-corrected chi connectivity index (χ3v) is 3.67. The van der Waals surface area contributed by atoms with Crippen LogP contribution in [-0.4, -0.2) is 16.8 Å². The lowest BCUT2D eigenvalue weighted by molar-refractivity contribution is 0.513. The van der Waals surface area contributed by atoms with Gasteiger partial charge in [0.25, 0.3) is 0 Å². The monoisotopic (exact) mass is 297 g/mol. The summed E-state index contributed by atoms with van der Waals surface area (Å²) in [7, 11) is 1.93. The van der Waals surface area contributed by atoms with Crippen LogP contribution in [0.4, 0.5) is 0 Å². The largest absolute Gasteiger partial charge is 0.311 e. The highest BCUT2D eigenvalue weighted by Crippen LogP contribution is 2.26. The van der Waals surface area contributed by atoms with E-state index >= 15 is 0 Å². The summed E-state index contributed by atoms with van der Waals surface area (Å²) in [6.07, 6.45) is 2.52. The van der Waals surface area contributed by atoms with Gasteiger partial charge in [-0.3, -0.25) is 4.68 Å². The number of benzene rings is 1. The summed E-state index contributed by atoms with van der Waals surface area (Å²) in [5.74, 6) is 0. The molecular weight excluding hydrogens is 281 g/mol. The van der Waals surface area contributed by atoms with E-state index in [0.29, 0.717) is 5.02 Å². The van der Waals surface area contributed by atoms with E-state index in [9.17, 15) is 0 Å². The Balaban J connectivity index is 2.27. The minimum atomic E-state index is 0.119. The normalized spacial score (nSPS) is 12.6. The highest BCUT2D eigenvalue weighted by molar-refractivity contribution is 6.31. The highest BCUT2D eigenvalue weighted by atomic mass is 35.5. The molecule has 102 valence electrons. The molecule has 2 aromatic rings. The molecule has 5 heteroatoms. The van der Waals surface area contributed by atoms with Gasteiger partial charge >= 0.3 is 0 Å². The van der Waals surface area contributed by atoms with E-state index in [4.69, 9.17) is 23.2 Å². The molecule has 0 bridgehead atoms. The van der Waals surface area contributed by atoms with Crippen LogP contribution in [0.25, 0.3) is 0 Å². The number of likely N-dealkylation sites (N-methyl/N-ethyl adjacent to an activating group) is 1. The maximum atomic E-state index is 6.25. The molecule has 0 saturated carbocycles. The quantitative estimate of drug-likeness (QED) is 0.912. The molecule has 0 radical (unpaired) electrons. The van der Waals surface area contributed by atoms with E-state index < -0.39 is 0 Å². The van der Waals surface area contributed by atoms with Crippen LogP contribution < -0.4 is 5.32 Å². The van der Waals surface area contributed by atoms with Gasteiger partial charge < -0.3 is 5.32 Å².